The third-order valence-corrected chi connectivity index (χ3v) is 4.16. The summed E-state index contributed by atoms with van der Waals surface area (Å²) in [4.78, 5) is 22.8. The number of esters is 2. The molecule has 0 amide bonds. The van der Waals surface area contributed by atoms with Gasteiger partial charge >= 0.3 is 11.9 Å². The molecule has 1 aromatic rings. The Morgan fingerprint density at radius 1 is 1.04 bits per heavy atom. The highest BCUT2D eigenvalue weighted by molar-refractivity contribution is 5.93. The van der Waals surface area contributed by atoms with Crippen LogP contribution in [0.2, 0.25) is 0 Å². The summed E-state index contributed by atoms with van der Waals surface area (Å²) < 4.78 is 10.3. The molecule has 0 radical (unpaired) electrons. The SMILES string of the molecule is C=CC(=O)OCCCCCCCc1ccc(OC(=O)C2=CCC=C2)cc1. The molecule has 2 rings (SSSR count). The third kappa shape index (κ3) is 7.09. The van der Waals surface area contributed by atoms with Crippen LogP contribution >= 0.6 is 0 Å². The highest BCUT2D eigenvalue weighted by atomic mass is 16.5. The first-order valence-corrected chi connectivity index (χ1v) is 9.16. The van der Waals surface area contributed by atoms with E-state index in [0.717, 1.165) is 44.9 Å². The van der Waals surface area contributed by atoms with Gasteiger partial charge in [-0.1, -0.05) is 56.2 Å². The van der Waals surface area contributed by atoms with Crippen LogP contribution in [0.5, 0.6) is 5.75 Å². The molecule has 0 aliphatic heterocycles. The molecular formula is C22H26O4. The second kappa shape index (κ2) is 11.1. The van der Waals surface area contributed by atoms with Crippen LogP contribution < -0.4 is 4.74 Å². The Labute approximate surface area is 155 Å². The lowest BCUT2D eigenvalue weighted by atomic mass is 10.1. The molecule has 0 saturated heterocycles. The van der Waals surface area contributed by atoms with Crippen molar-refractivity contribution in [2.24, 2.45) is 0 Å². The molecule has 4 heteroatoms. The van der Waals surface area contributed by atoms with Gasteiger partial charge in [0.25, 0.3) is 0 Å². The number of allylic oxidation sites excluding steroid dienone is 2. The zero-order valence-corrected chi connectivity index (χ0v) is 15.1. The van der Waals surface area contributed by atoms with Gasteiger partial charge in [-0.25, -0.2) is 9.59 Å². The summed E-state index contributed by atoms with van der Waals surface area (Å²) in [5, 5.41) is 0. The molecule has 0 heterocycles. The number of carbonyl (C=O) groups excluding carboxylic acids is 2. The maximum atomic E-state index is 11.9. The second-order valence-electron chi connectivity index (χ2n) is 6.22. The van der Waals surface area contributed by atoms with Gasteiger partial charge in [-0.2, -0.15) is 0 Å². The van der Waals surface area contributed by atoms with E-state index >= 15 is 0 Å². The molecule has 0 atom stereocenters. The summed E-state index contributed by atoms with van der Waals surface area (Å²) in [5.74, 6) is -0.0742. The fourth-order valence-electron chi connectivity index (χ4n) is 2.69. The third-order valence-electron chi connectivity index (χ3n) is 4.16. The van der Waals surface area contributed by atoms with Crippen molar-refractivity contribution in [1.82, 2.24) is 0 Å². The zero-order valence-electron chi connectivity index (χ0n) is 15.1. The summed E-state index contributed by atoms with van der Waals surface area (Å²) in [7, 11) is 0. The van der Waals surface area contributed by atoms with Crippen molar-refractivity contribution in [1.29, 1.82) is 0 Å². The lowest BCUT2D eigenvalue weighted by Crippen LogP contribution is -2.08. The average Bonchev–Trinajstić information content (AvgIpc) is 3.20. The normalized spacial score (nSPS) is 12.5. The Morgan fingerprint density at radius 2 is 1.77 bits per heavy atom. The maximum Gasteiger partial charge on any atom is 0.343 e. The Kier molecular flexibility index (Phi) is 8.40. The van der Waals surface area contributed by atoms with Gasteiger partial charge in [-0.05, 0) is 43.4 Å². The topological polar surface area (TPSA) is 52.6 Å². The molecule has 1 aliphatic carbocycles. The quantitative estimate of drug-likeness (QED) is 0.250. The monoisotopic (exact) mass is 354 g/mol. The van der Waals surface area contributed by atoms with E-state index in [0.29, 0.717) is 17.9 Å². The van der Waals surface area contributed by atoms with Crippen LogP contribution in [0, 0.1) is 0 Å². The number of hydrogen-bond donors (Lipinski definition) is 0. The van der Waals surface area contributed by atoms with Gasteiger partial charge in [0, 0.05) is 6.08 Å². The summed E-state index contributed by atoms with van der Waals surface area (Å²) in [6.07, 6.45) is 13.9. The van der Waals surface area contributed by atoms with Crippen LogP contribution in [0.3, 0.4) is 0 Å². The summed E-state index contributed by atoms with van der Waals surface area (Å²) in [6, 6.07) is 7.72. The van der Waals surface area contributed by atoms with Crippen molar-refractivity contribution in [2.75, 3.05) is 6.61 Å². The first-order chi connectivity index (χ1) is 12.7. The van der Waals surface area contributed by atoms with Crippen LogP contribution in [0.25, 0.3) is 0 Å². The minimum absolute atomic E-state index is 0.301. The van der Waals surface area contributed by atoms with Crippen LogP contribution in [-0.4, -0.2) is 18.5 Å². The summed E-state index contributed by atoms with van der Waals surface area (Å²) in [6.45, 7) is 3.83. The van der Waals surface area contributed by atoms with E-state index in [1.807, 2.05) is 36.4 Å². The fraction of sp³-hybridized carbons (Fsp3) is 0.364. The molecule has 1 aliphatic rings. The molecule has 1 aromatic carbocycles. The summed E-state index contributed by atoms with van der Waals surface area (Å²) >= 11 is 0. The Morgan fingerprint density at radius 3 is 2.46 bits per heavy atom. The minimum atomic E-state index is -0.351. The molecule has 138 valence electrons. The van der Waals surface area contributed by atoms with Gasteiger partial charge in [-0.3, -0.25) is 0 Å². The van der Waals surface area contributed by atoms with Crippen molar-refractivity contribution < 1.29 is 19.1 Å². The van der Waals surface area contributed by atoms with Crippen molar-refractivity contribution in [3.05, 3.63) is 66.3 Å². The van der Waals surface area contributed by atoms with Gasteiger partial charge in [0.1, 0.15) is 5.75 Å². The average molecular weight is 354 g/mol. The van der Waals surface area contributed by atoms with Crippen molar-refractivity contribution in [3.63, 3.8) is 0 Å². The van der Waals surface area contributed by atoms with Crippen LogP contribution in [0.4, 0.5) is 0 Å². The largest absolute Gasteiger partial charge is 0.463 e. The van der Waals surface area contributed by atoms with E-state index in [4.69, 9.17) is 9.47 Å². The van der Waals surface area contributed by atoms with E-state index in [9.17, 15) is 9.59 Å². The first kappa shape index (κ1) is 19.7. The Balaban J connectivity index is 1.57. The molecule has 0 spiro atoms. The van der Waals surface area contributed by atoms with E-state index in [-0.39, 0.29) is 11.9 Å². The number of aryl methyl sites for hydroxylation is 1. The molecule has 0 saturated carbocycles. The van der Waals surface area contributed by atoms with Gasteiger partial charge in [0.15, 0.2) is 0 Å². The Bertz CT molecular complexity index is 668. The highest BCUT2D eigenvalue weighted by Gasteiger charge is 2.11. The number of ether oxygens (including phenoxy) is 2. The molecule has 26 heavy (non-hydrogen) atoms. The van der Waals surface area contributed by atoms with Crippen molar-refractivity contribution in [3.8, 4) is 5.75 Å². The predicted molar refractivity (Wildman–Crippen MR) is 102 cm³/mol. The molecule has 0 unspecified atom stereocenters. The van der Waals surface area contributed by atoms with Gasteiger partial charge < -0.3 is 9.47 Å². The van der Waals surface area contributed by atoms with E-state index in [1.54, 1.807) is 6.08 Å². The fourth-order valence-corrected chi connectivity index (χ4v) is 2.69. The number of rotatable bonds is 11. The molecule has 0 fully saturated rings. The van der Waals surface area contributed by atoms with Gasteiger partial charge in [-0.15, -0.1) is 0 Å². The molecule has 0 bridgehead atoms. The van der Waals surface area contributed by atoms with Crippen molar-refractivity contribution >= 4 is 11.9 Å². The van der Waals surface area contributed by atoms with E-state index in [1.165, 1.54) is 11.6 Å². The molecule has 4 nitrogen and oxygen atoms in total. The predicted octanol–water partition coefficient (Wildman–Crippen LogP) is 4.70. The van der Waals surface area contributed by atoms with E-state index in [2.05, 4.69) is 6.58 Å². The second-order valence-corrected chi connectivity index (χ2v) is 6.22. The van der Waals surface area contributed by atoms with Crippen molar-refractivity contribution in [2.45, 2.75) is 44.9 Å². The van der Waals surface area contributed by atoms with Gasteiger partial charge in [0.2, 0.25) is 0 Å². The van der Waals surface area contributed by atoms with E-state index < -0.39 is 0 Å². The van der Waals surface area contributed by atoms with Gasteiger partial charge in [0.05, 0.1) is 12.2 Å². The lowest BCUT2D eigenvalue weighted by molar-refractivity contribution is -0.137. The molecule has 0 aromatic heterocycles. The smallest absolute Gasteiger partial charge is 0.343 e. The van der Waals surface area contributed by atoms with Crippen LogP contribution in [-0.2, 0) is 20.7 Å². The Hall–Kier alpha value is -2.62. The van der Waals surface area contributed by atoms with Crippen LogP contribution in [0.1, 0.15) is 44.1 Å². The highest BCUT2D eigenvalue weighted by Crippen LogP contribution is 2.18. The minimum Gasteiger partial charge on any atom is -0.463 e. The number of hydrogen-bond acceptors (Lipinski definition) is 4. The summed E-state index contributed by atoms with van der Waals surface area (Å²) in [5.41, 5.74) is 1.86. The standard InChI is InChI=1S/C22H26O4/c1-2-21(23)25-17-9-5-3-4-6-10-18-13-15-20(16-14-18)26-22(24)19-11-7-8-12-19/h2,7,11-16H,1,3-6,8-10,17H2. The van der Waals surface area contributed by atoms with Crippen LogP contribution in [0.15, 0.2) is 60.7 Å². The lowest BCUT2D eigenvalue weighted by Gasteiger charge is -2.06. The number of benzene rings is 1. The number of carbonyl (C=O) groups is 2. The molecular weight excluding hydrogens is 328 g/mol. The molecule has 0 N–H and O–H groups in total. The zero-order chi connectivity index (χ0) is 18.6. The number of unbranched alkanes of at least 4 members (excludes halogenated alkanes) is 4. The maximum absolute atomic E-state index is 11.9. The first-order valence-electron chi connectivity index (χ1n) is 9.16.